The van der Waals surface area contributed by atoms with Crippen LogP contribution in [0.25, 0.3) is 11.3 Å². The summed E-state index contributed by atoms with van der Waals surface area (Å²) in [6.45, 7) is 3.59. The van der Waals surface area contributed by atoms with Gasteiger partial charge in [0.1, 0.15) is 16.5 Å². The molecule has 0 saturated carbocycles. The van der Waals surface area contributed by atoms with E-state index in [-0.39, 0.29) is 11.8 Å². The van der Waals surface area contributed by atoms with E-state index in [0.717, 1.165) is 22.6 Å². The maximum atomic E-state index is 12.8. The van der Waals surface area contributed by atoms with Gasteiger partial charge in [-0.1, -0.05) is 47.7 Å². The van der Waals surface area contributed by atoms with Crippen LogP contribution in [-0.2, 0) is 0 Å². The molecule has 0 aliphatic heterocycles. The Hall–Kier alpha value is -4.11. The molecular formula is C25H24N6O2S. The fourth-order valence-electron chi connectivity index (χ4n) is 3.30. The van der Waals surface area contributed by atoms with Crippen LogP contribution in [0.15, 0.2) is 60.7 Å². The normalized spacial score (nSPS) is 10.6. The van der Waals surface area contributed by atoms with Crippen LogP contribution in [-0.4, -0.2) is 45.8 Å². The van der Waals surface area contributed by atoms with Gasteiger partial charge in [-0.25, -0.2) is 15.0 Å². The van der Waals surface area contributed by atoms with Crippen molar-refractivity contribution in [3.63, 3.8) is 0 Å². The maximum Gasteiger partial charge on any atom is 0.265 e. The molecule has 0 atom stereocenters. The van der Waals surface area contributed by atoms with Gasteiger partial charge in [0.2, 0.25) is 0 Å². The Kier molecular flexibility index (Phi) is 6.65. The van der Waals surface area contributed by atoms with Gasteiger partial charge in [-0.2, -0.15) is 0 Å². The fourth-order valence-corrected chi connectivity index (χ4v) is 4.28. The summed E-state index contributed by atoms with van der Waals surface area (Å²) in [5.41, 5.74) is 3.56. The number of benzene rings is 2. The molecule has 8 nitrogen and oxygen atoms in total. The van der Waals surface area contributed by atoms with E-state index in [1.54, 1.807) is 39.2 Å². The van der Waals surface area contributed by atoms with Crippen LogP contribution in [0.4, 0.5) is 16.6 Å². The molecule has 4 aromatic rings. The number of rotatable bonds is 6. The number of carbonyl (C=O) groups is 2. The Morgan fingerprint density at radius 1 is 0.912 bits per heavy atom. The number of aromatic nitrogens is 3. The molecule has 0 radical (unpaired) electrons. The Bertz CT molecular complexity index is 1350. The highest BCUT2D eigenvalue weighted by Crippen LogP contribution is 2.25. The van der Waals surface area contributed by atoms with Gasteiger partial charge in [-0.15, -0.1) is 0 Å². The summed E-state index contributed by atoms with van der Waals surface area (Å²) < 4.78 is 0. The second kappa shape index (κ2) is 9.80. The van der Waals surface area contributed by atoms with Crippen molar-refractivity contribution in [2.45, 2.75) is 13.8 Å². The topological polar surface area (TPSA) is 100 Å². The number of nitrogens with zero attached hydrogens (tertiary/aromatic N) is 4. The number of hydrogen-bond donors (Lipinski definition) is 2. The van der Waals surface area contributed by atoms with Crippen molar-refractivity contribution < 1.29 is 9.59 Å². The van der Waals surface area contributed by atoms with E-state index in [0.29, 0.717) is 38.6 Å². The number of aryl methyl sites for hydroxylation is 2. The van der Waals surface area contributed by atoms with Crippen molar-refractivity contribution >= 4 is 39.8 Å². The lowest BCUT2D eigenvalue weighted by Gasteiger charge is -2.10. The van der Waals surface area contributed by atoms with Gasteiger partial charge in [0.15, 0.2) is 5.13 Å². The molecule has 0 aliphatic rings. The summed E-state index contributed by atoms with van der Waals surface area (Å²) >= 11 is 1.16. The molecule has 9 heteroatoms. The third kappa shape index (κ3) is 5.26. The first-order valence-electron chi connectivity index (χ1n) is 10.6. The lowest BCUT2D eigenvalue weighted by Crippen LogP contribution is -2.21. The highest BCUT2D eigenvalue weighted by atomic mass is 32.1. The molecule has 0 fully saturated rings. The minimum absolute atomic E-state index is 0.142. The highest BCUT2D eigenvalue weighted by Gasteiger charge is 2.18. The Morgan fingerprint density at radius 3 is 2.41 bits per heavy atom. The first kappa shape index (κ1) is 23.1. The zero-order valence-corrected chi connectivity index (χ0v) is 20.1. The molecule has 0 spiro atoms. The third-order valence-electron chi connectivity index (χ3n) is 4.92. The predicted molar refractivity (Wildman–Crippen MR) is 135 cm³/mol. The van der Waals surface area contributed by atoms with Gasteiger partial charge >= 0.3 is 0 Å². The molecule has 34 heavy (non-hydrogen) atoms. The molecule has 0 saturated heterocycles. The van der Waals surface area contributed by atoms with E-state index in [2.05, 4.69) is 25.6 Å². The van der Waals surface area contributed by atoms with E-state index in [9.17, 15) is 9.59 Å². The van der Waals surface area contributed by atoms with Crippen molar-refractivity contribution in [2.24, 2.45) is 0 Å². The molecule has 2 aromatic heterocycles. The number of carbonyl (C=O) groups excluding carboxylic acids is 2. The maximum absolute atomic E-state index is 12.8. The quantitative estimate of drug-likeness (QED) is 0.413. The van der Waals surface area contributed by atoms with Crippen LogP contribution >= 0.6 is 11.3 Å². The third-order valence-corrected chi connectivity index (χ3v) is 5.98. The monoisotopic (exact) mass is 472 g/mol. The van der Waals surface area contributed by atoms with Crippen LogP contribution in [0.5, 0.6) is 0 Å². The van der Waals surface area contributed by atoms with E-state index < -0.39 is 0 Å². The standard InChI is InChI=1S/C25H24N6O2S/c1-15-22(24(33)31(3)4)34-25(26-15)30-23(32)18-11-8-12-19(13-18)29-21-14-20(27-16(2)28-21)17-9-6-5-7-10-17/h5-14H,1-4H3,(H,26,30,32)(H,27,28,29). The van der Waals surface area contributed by atoms with Crippen molar-refractivity contribution in [1.82, 2.24) is 19.9 Å². The van der Waals surface area contributed by atoms with E-state index >= 15 is 0 Å². The summed E-state index contributed by atoms with van der Waals surface area (Å²) in [6.07, 6.45) is 0. The molecule has 172 valence electrons. The lowest BCUT2D eigenvalue weighted by molar-refractivity contribution is 0.0831. The molecule has 0 unspecified atom stereocenters. The lowest BCUT2D eigenvalue weighted by atomic mass is 10.1. The first-order valence-corrected chi connectivity index (χ1v) is 11.4. The summed E-state index contributed by atoms with van der Waals surface area (Å²) in [5.74, 6) is 0.813. The summed E-state index contributed by atoms with van der Waals surface area (Å²) in [4.78, 5) is 40.4. The SMILES string of the molecule is Cc1nc(Nc2cccc(C(=O)Nc3nc(C)c(C(=O)N(C)C)s3)c2)cc(-c2ccccc2)n1. The fraction of sp³-hybridized carbons (Fsp3) is 0.160. The predicted octanol–water partition coefficient (Wildman–Crippen LogP) is 4.91. The molecule has 4 rings (SSSR count). The summed E-state index contributed by atoms with van der Waals surface area (Å²) in [6, 6.07) is 18.8. The summed E-state index contributed by atoms with van der Waals surface area (Å²) in [5, 5.41) is 6.43. The average molecular weight is 473 g/mol. The van der Waals surface area contributed by atoms with Gasteiger partial charge in [0.25, 0.3) is 11.8 Å². The van der Waals surface area contributed by atoms with Gasteiger partial charge in [-0.3, -0.25) is 14.9 Å². The van der Waals surface area contributed by atoms with Gasteiger partial charge in [0, 0.05) is 37.0 Å². The zero-order chi connectivity index (χ0) is 24.2. The number of nitrogens with one attached hydrogen (secondary N) is 2. The second-order valence-electron chi connectivity index (χ2n) is 7.84. The number of anilines is 3. The van der Waals surface area contributed by atoms with Crippen molar-refractivity contribution in [3.05, 3.63) is 82.6 Å². The Balaban J connectivity index is 1.52. The smallest absolute Gasteiger partial charge is 0.265 e. The van der Waals surface area contributed by atoms with E-state index in [1.807, 2.05) is 49.4 Å². The van der Waals surface area contributed by atoms with Gasteiger partial charge in [-0.05, 0) is 32.0 Å². The van der Waals surface area contributed by atoms with Crippen LogP contribution in [0.3, 0.4) is 0 Å². The number of amides is 2. The van der Waals surface area contributed by atoms with Crippen LogP contribution in [0.2, 0.25) is 0 Å². The first-order chi connectivity index (χ1) is 16.3. The van der Waals surface area contributed by atoms with E-state index in [4.69, 9.17) is 0 Å². The van der Waals surface area contributed by atoms with Crippen LogP contribution in [0, 0.1) is 13.8 Å². The van der Waals surface area contributed by atoms with E-state index in [1.165, 1.54) is 4.90 Å². The summed E-state index contributed by atoms with van der Waals surface area (Å²) in [7, 11) is 3.36. The highest BCUT2D eigenvalue weighted by molar-refractivity contribution is 7.17. The minimum Gasteiger partial charge on any atom is -0.344 e. The average Bonchev–Trinajstić information content (AvgIpc) is 3.18. The Morgan fingerprint density at radius 2 is 1.68 bits per heavy atom. The largest absolute Gasteiger partial charge is 0.344 e. The Labute approximate surface area is 201 Å². The second-order valence-corrected chi connectivity index (χ2v) is 8.84. The number of hydrogen-bond acceptors (Lipinski definition) is 7. The van der Waals surface area contributed by atoms with Crippen molar-refractivity contribution in [1.29, 1.82) is 0 Å². The van der Waals surface area contributed by atoms with Gasteiger partial charge in [0.05, 0.1) is 11.4 Å². The zero-order valence-electron chi connectivity index (χ0n) is 19.3. The molecule has 2 N–H and O–H groups in total. The molecule has 2 heterocycles. The van der Waals surface area contributed by atoms with Crippen molar-refractivity contribution in [3.8, 4) is 11.3 Å². The molecule has 2 amide bonds. The molecule has 0 aliphatic carbocycles. The molecular weight excluding hydrogens is 448 g/mol. The molecule has 0 bridgehead atoms. The minimum atomic E-state index is -0.315. The van der Waals surface area contributed by atoms with Crippen molar-refractivity contribution in [2.75, 3.05) is 24.7 Å². The van der Waals surface area contributed by atoms with Gasteiger partial charge < -0.3 is 10.2 Å². The van der Waals surface area contributed by atoms with Crippen LogP contribution in [0.1, 0.15) is 31.5 Å². The number of thiazole rings is 1. The molecule has 2 aromatic carbocycles. The van der Waals surface area contributed by atoms with Crippen LogP contribution < -0.4 is 10.6 Å².